The average molecular weight is 481 g/mol. The first-order valence-corrected chi connectivity index (χ1v) is 12.3. The van der Waals surface area contributed by atoms with Gasteiger partial charge in [-0.1, -0.05) is 77.9 Å². The van der Waals surface area contributed by atoms with Gasteiger partial charge < -0.3 is 10.6 Å². The van der Waals surface area contributed by atoms with E-state index in [0.717, 1.165) is 32.7 Å². The Hall–Kier alpha value is -3.96. The maximum atomic E-state index is 13.6. The van der Waals surface area contributed by atoms with Crippen molar-refractivity contribution in [3.63, 3.8) is 0 Å². The first kappa shape index (κ1) is 24.2. The summed E-state index contributed by atoms with van der Waals surface area (Å²) in [6.45, 7) is 6.06. The summed E-state index contributed by atoms with van der Waals surface area (Å²) in [5, 5.41) is 7.95. The number of hydrogen-bond acceptors (Lipinski definition) is 3. The van der Waals surface area contributed by atoms with Gasteiger partial charge in [-0.25, -0.2) is 0 Å². The maximum Gasteiger partial charge on any atom is 0.268 e. The summed E-state index contributed by atoms with van der Waals surface area (Å²) in [7, 11) is 0. The van der Waals surface area contributed by atoms with Crippen LogP contribution in [0, 0.1) is 20.8 Å². The molecule has 2 amide bonds. The van der Waals surface area contributed by atoms with E-state index in [1.165, 1.54) is 11.3 Å². The summed E-state index contributed by atoms with van der Waals surface area (Å²) >= 11 is 1.50. The molecule has 4 rings (SSSR count). The number of thiophene rings is 1. The molecule has 1 unspecified atom stereocenters. The Morgan fingerprint density at radius 1 is 0.829 bits per heavy atom. The molecule has 2 N–H and O–H groups in total. The summed E-state index contributed by atoms with van der Waals surface area (Å²) in [6, 6.07) is 26.8. The minimum Gasteiger partial charge on any atom is -0.340 e. The van der Waals surface area contributed by atoms with Crippen LogP contribution in [0.4, 0.5) is 0 Å². The van der Waals surface area contributed by atoms with E-state index < -0.39 is 0 Å². The normalized spacial score (nSPS) is 12.1. The van der Waals surface area contributed by atoms with E-state index in [1.807, 2.05) is 79.9 Å². The third-order valence-electron chi connectivity index (χ3n) is 5.78. The van der Waals surface area contributed by atoms with Crippen LogP contribution in [0.3, 0.4) is 0 Å². The molecular formula is C30H28N2O2S. The number of amides is 2. The van der Waals surface area contributed by atoms with Crippen molar-refractivity contribution in [2.45, 2.75) is 26.8 Å². The molecule has 4 aromatic rings. The zero-order valence-corrected chi connectivity index (χ0v) is 20.9. The van der Waals surface area contributed by atoms with Crippen LogP contribution in [0.5, 0.6) is 0 Å². The summed E-state index contributed by atoms with van der Waals surface area (Å²) < 4.78 is 0. The van der Waals surface area contributed by atoms with Crippen LogP contribution in [0.15, 0.2) is 96.0 Å². The molecule has 0 spiro atoms. The van der Waals surface area contributed by atoms with Gasteiger partial charge in [0.2, 0.25) is 0 Å². The van der Waals surface area contributed by atoms with E-state index in [-0.39, 0.29) is 23.6 Å². The maximum absolute atomic E-state index is 13.6. The molecule has 1 aromatic heterocycles. The van der Waals surface area contributed by atoms with Gasteiger partial charge >= 0.3 is 0 Å². The highest BCUT2D eigenvalue weighted by Gasteiger charge is 2.22. The zero-order chi connectivity index (χ0) is 24.8. The van der Waals surface area contributed by atoms with Crippen molar-refractivity contribution in [3.8, 4) is 0 Å². The fourth-order valence-corrected chi connectivity index (χ4v) is 4.58. The van der Waals surface area contributed by atoms with Crippen molar-refractivity contribution in [3.05, 3.63) is 134 Å². The number of hydrogen-bond donors (Lipinski definition) is 2. The predicted molar refractivity (Wildman–Crippen MR) is 143 cm³/mol. The standard InChI is InChI=1S/C30H28N2O2S/c1-20-11-14-24(15-12-20)29(33)31-27(19-25-10-7-17-35-25)30(34)32-28(23-8-5-4-6-9-23)26-16-13-21(2)18-22(26)3/h4-19,28H,1-3H3,(H,31,33)(H,32,34)/b27-19-. The van der Waals surface area contributed by atoms with E-state index in [9.17, 15) is 9.59 Å². The molecule has 176 valence electrons. The number of carbonyl (C=O) groups is 2. The van der Waals surface area contributed by atoms with Crippen LogP contribution in [0.25, 0.3) is 6.08 Å². The molecule has 35 heavy (non-hydrogen) atoms. The third-order valence-corrected chi connectivity index (χ3v) is 6.60. The Bertz CT molecular complexity index is 1340. The van der Waals surface area contributed by atoms with E-state index in [0.29, 0.717) is 5.56 Å². The summed E-state index contributed by atoms with van der Waals surface area (Å²) in [4.78, 5) is 27.5. The summed E-state index contributed by atoms with van der Waals surface area (Å²) in [6.07, 6.45) is 1.72. The van der Waals surface area contributed by atoms with Crippen LogP contribution in [-0.2, 0) is 4.79 Å². The number of benzene rings is 3. The van der Waals surface area contributed by atoms with Gasteiger partial charge in [0, 0.05) is 10.4 Å². The molecule has 3 aromatic carbocycles. The molecule has 0 radical (unpaired) electrons. The van der Waals surface area contributed by atoms with Gasteiger partial charge in [-0.3, -0.25) is 9.59 Å². The molecule has 0 fully saturated rings. The first-order chi connectivity index (χ1) is 16.9. The molecule has 1 atom stereocenters. The van der Waals surface area contributed by atoms with Gasteiger partial charge in [0.05, 0.1) is 6.04 Å². The van der Waals surface area contributed by atoms with Crippen molar-refractivity contribution in [1.82, 2.24) is 10.6 Å². The first-order valence-electron chi connectivity index (χ1n) is 11.5. The molecule has 4 nitrogen and oxygen atoms in total. The average Bonchev–Trinajstić information content (AvgIpc) is 3.36. The molecule has 0 saturated carbocycles. The number of nitrogens with one attached hydrogen (secondary N) is 2. The van der Waals surface area contributed by atoms with Crippen LogP contribution < -0.4 is 10.6 Å². The molecule has 0 aliphatic carbocycles. The van der Waals surface area contributed by atoms with Gasteiger partial charge in [0.25, 0.3) is 11.8 Å². The molecule has 0 aliphatic heterocycles. The fraction of sp³-hybridized carbons (Fsp3) is 0.133. The second-order valence-electron chi connectivity index (χ2n) is 8.57. The number of rotatable bonds is 7. The molecule has 0 bridgehead atoms. The van der Waals surface area contributed by atoms with Crippen molar-refractivity contribution in [2.75, 3.05) is 0 Å². The van der Waals surface area contributed by atoms with Crippen molar-refractivity contribution >= 4 is 29.2 Å². The van der Waals surface area contributed by atoms with Gasteiger partial charge in [0.1, 0.15) is 5.70 Å². The SMILES string of the molecule is Cc1ccc(C(=O)N/C(=C\c2cccs2)C(=O)NC(c2ccccc2)c2ccc(C)cc2C)cc1. The Balaban J connectivity index is 1.67. The Morgan fingerprint density at radius 2 is 1.54 bits per heavy atom. The molecule has 0 saturated heterocycles. The highest BCUT2D eigenvalue weighted by atomic mass is 32.1. The van der Waals surface area contributed by atoms with Gasteiger partial charge in [-0.05, 0) is 67.1 Å². The van der Waals surface area contributed by atoms with Gasteiger partial charge in [0.15, 0.2) is 0 Å². The van der Waals surface area contributed by atoms with E-state index in [2.05, 4.69) is 29.7 Å². The van der Waals surface area contributed by atoms with E-state index in [4.69, 9.17) is 0 Å². The lowest BCUT2D eigenvalue weighted by atomic mass is 9.93. The zero-order valence-electron chi connectivity index (χ0n) is 20.0. The van der Waals surface area contributed by atoms with E-state index >= 15 is 0 Å². The fourth-order valence-electron chi connectivity index (χ4n) is 3.92. The topological polar surface area (TPSA) is 58.2 Å². The molecule has 0 aliphatic rings. The Kier molecular flexibility index (Phi) is 7.58. The molecular weight excluding hydrogens is 452 g/mol. The van der Waals surface area contributed by atoms with Gasteiger partial charge in [-0.15, -0.1) is 11.3 Å². The van der Waals surface area contributed by atoms with Crippen molar-refractivity contribution in [2.24, 2.45) is 0 Å². The summed E-state index contributed by atoms with van der Waals surface area (Å²) in [5.74, 6) is -0.682. The van der Waals surface area contributed by atoms with Crippen molar-refractivity contribution < 1.29 is 9.59 Å². The second-order valence-corrected chi connectivity index (χ2v) is 9.55. The molecule has 5 heteroatoms. The Labute approximate surface area is 210 Å². The van der Waals surface area contributed by atoms with Crippen LogP contribution in [-0.4, -0.2) is 11.8 Å². The monoisotopic (exact) mass is 480 g/mol. The molecule has 1 heterocycles. The lowest BCUT2D eigenvalue weighted by molar-refractivity contribution is -0.118. The van der Waals surface area contributed by atoms with Crippen LogP contribution in [0.1, 0.15) is 49.1 Å². The number of carbonyl (C=O) groups excluding carboxylic acids is 2. The van der Waals surface area contributed by atoms with Crippen LogP contribution >= 0.6 is 11.3 Å². The quantitative estimate of drug-likeness (QED) is 0.303. The number of aryl methyl sites for hydroxylation is 3. The van der Waals surface area contributed by atoms with E-state index in [1.54, 1.807) is 18.2 Å². The largest absolute Gasteiger partial charge is 0.340 e. The second kappa shape index (κ2) is 11.0. The highest BCUT2D eigenvalue weighted by molar-refractivity contribution is 7.10. The Morgan fingerprint density at radius 3 is 2.20 bits per heavy atom. The smallest absolute Gasteiger partial charge is 0.268 e. The lowest BCUT2D eigenvalue weighted by Crippen LogP contribution is -2.37. The third kappa shape index (κ3) is 6.14. The minimum atomic E-state index is -0.368. The van der Waals surface area contributed by atoms with Crippen molar-refractivity contribution in [1.29, 1.82) is 0 Å². The minimum absolute atomic E-state index is 0.198. The predicted octanol–water partition coefficient (Wildman–Crippen LogP) is 6.35. The lowest BCUT2D eigenvalue weighted by Gasteiger charge is -2.23. The van der Waals surface area contributed by atoms with Crippen LogP contribution in [0.2, 0.25) is 0 Å². The summed E-state index contributed by atoms with van der Waals surface area (Å²) in [5.41, 5.74) is 5.98. The van der Waals surface area contributed by atoms with Gasteiger partial charge in [-0.2, -0.15) is 0 Å². The highest BCUT2D eigenvalue weighted by Crippen LogP contribution is 2.26.